The molecule has 1 atom stereocenters. The number of piperazine rings is 1. The number of carbonyl (C=O) groups excluding carboxylic acids is 2. The Labute approximate surface area is 170 Å². The van der Waals surface area contributed by atoms with Crippen LogP contribution in [0.2, 0.25) is 0 Å². The van der Waals surface area contributed by atoms with E-state index in [0.717, 1.165) is 45.6 Å². The summed E-state index contributed by atoms with van der Waals surface area (Å²) in [6, 6.07) is 4.48. The monoisotopic (exact) mass is 406 g/mol. The van der Waals surface area contributed by atoms with Crippen LogP contribution in [0, 0.1) is 0 Å². The molecule has 3 aliphatic heterocycles. The van der Waals surface area contributed by atoms with Crippen molar-refractivity contribution >= 4 is 23.2 Å². The lowest BCUT2D eigenvalue weighted by molar-refractivity contribution is -0.138. The van der Waals surface area contributed by atoms with Gasteiger partial charge in [0.05, 0.1) is 32.3 Å². The molecule has 28 heavy (non-hydrogen) atoms. The number of thiophene rings is 1. The van der Waals surface area contributed by atoms with Gasteiger partial charge in [-0.1, -0.05) is 6.07 Å². The van der Waals surface area contributed by atoms with Gasteiger partial charge in [0, 0.05) is 50.7 Å². The van der Waals surface area contributed by atoms with Crippen LogP contribution in [0.1, 0.15) is 23.8 Å². The summed E-state index contributed by atoms with van der Waals surface area (Å²) in [6.07, 6.45) is 2.16. The summed E-state index contributed by atoms with van der Waals surface area (Å²) in [4.78, 5) is 35.0. The highest BCUT2D eigenvalue weighted by Crippen LogP contribution is 2.34. The van der Waals surface area contributed by atoms with Gasteiger partial charge >= 0.3 is 0 Å². The van der Waals surface area contributed by atoms with Crippen molar-refractivity contribution in [1.82, 2.24) is 19.6 Å². The number of ether oxygens (including phenoxy) is 1. The third-order valence-electron chi connectivity index (χ3n) is 5.99. The van der Waals surface area contributed by atoms with Crippen LogP contribution in [0.15, 0.2) is 17.5 Å². The minimum atomic E-state index is 0.198. The number of nitrogens with zero attached hydrogens (tertiary/aromatic N) is 4. The molecule has 8 heteroatoms. The number of morpholine rings is 1. The van der Waals surface area contributed by atoms with Crippen molar-refractivity contribution in [3.8, 4) is 0 Å². The Hall–Kier alpha value is -1.48. The summed E-state index contributed by atoms with van der Waals surface area (Å²) in [6.45, 7) is 7.92. The normalized spacial score (nSPS) is 24.6. The van der Waals surface area contributed by atoms with Gasteiger partial charge in [-0.2, -0.15) is 0 Å². The first-order valence-electron chi connectivity index (χ1n) is 10.3. The van der Waals surface area contributed by atoms with Crippen molar-refractivity contribution in [3.63, 3.8) is 0 Å². The van der Waals surface area contributed by atoms with E-state index >= 15 is 0 Å². The second-order valence-electron chi connectivity index (χ2n) is 7.81. The molecule has 0 aromatic carbocycles. The molecule has 154 valence electrons. The van der Waals surface area contributed by atoms with Gasteiger partial charge in [-0.25, -0.2) is 0 Å². The van der Waals surface area contributed by atoms with E-state index in [1.165, 1.54) is 4.88 Å². The summed E-state index contributed by atoms with van der Waals surface area (Å²) in [5.74, 6) is 0.442. The standard InChI is InChI=1S/C20H30N4O3S/c25-19(23-10-12-27-13-11-23)15-21-6-8-22(9-7-21)16-20(26)24-5-1-3-17(24)18-4-2-14-28-18/h2,4,14,17H,1,3,5-13,15-16H2. The Kier molecular flexibility index (Phi) is 6.61. The van der Waals surface area contributed by atoms with Gasteiger partial charge in [-0.15, -0.1) is 11.3 Å². The molecule has 0 N–H and O–H groups in total. The number of carbonyl (C=O) groups is 2. The van der Waals surface area contributed by atoms with Crippen molar-refractivity contribution in [3.05, 3.63) is 22.4 Å². The highest BCUT2D eigenvalue weighted by Gasteiger charge is 2.32. The van der Waals surface area contributed by atoms with Gasteiger partial charge in [0.2, 0.25) is 11.8 Å². The average Bonchev–Trinajstić information content (AvgIpc) is 3.41. The number of hydrogen-bond acceptors (Lipinski definition) is 6. The first-order valence-corrected chi connectivity index (χ1v) is 11.2. The second-order valence-corrected chi connectivity index (χ2v) is 8.79. The van der Waals surface area contributed by atoms with Gasteiger partial charge in [0.1, 0.15) is 0 Å². The second kappa shape index (κ2) is 9.35. The van der Waals surface area contributed by atoms with E-state index in [4.69, 9.17) is 4.74 Å². The van der Waals surface area contributed by atoms with E-state index in [2.05, 4.69) is 32.2 Å². The lowest BCUT2D eigenvalue weighted by atomic mass is 10.2. The molecule has 0 bridgehead atoms. The van der Waals surface area contributed by atoms with E-state index in [-0.39, 0.29) is 17.9 Å². The molecule has 1 unspecified atom stereocenters. The summed E-state index contributed by atoms with van der Waals surface area (Å²) in [5.41, 5.74) is 0. The quantitative estimate of drug-likeness (QED) is 0.727. The minimum absolute atomic E-state index is 0.198. The Bertz CT molecular complexity index is 654. The molecule has 0 radical (unpaired) electrons. The largest absolute Gasteiger partial charge is 0.378 e. The summed E-state index contributed by atoms with van der Waals surface area (Å²) < 4.78 is 5.31. The highest BCUT2D eigenvalue weighted by molar-refractivity contribution is 7.10. The lowest BCUT2D eigenvalue weighted by Gasteiger charge is -2.36. The smallest absolute Gasteiger partial charge is 0.237 e. The van der Waals surface area contributed by atoms with Crippen molar-refractivity contribution in [2.24, 2.45) is 0 Å². The summed E-state index contributed by atoms with van der Waals surface area (Å²) in [7, 11) is 0. The van der Waals surface area contributed by atoms with E-state index in [9.17, 15) is 9.59 Å². The third-order valence-corrected chi connectivity index (χ3v) is 6.96. The van der Waals surface area contributed by atoms with Gasteiger partial charge in [-0.3, -0.25) is 19.4 Å². The van der Waals surface area contributed by atoms with Gasteiger partial charge in [0.25, 0.3) is 0 Å². The first kappa shape index (κ1) is 19.8. The molecule has 3 aliphatic rings. The Morgan fingerprint density at radius 2 is 1.64 bits per heavy atom. The maximum atomic E-state index is 12.9. The SMILES string of the molecule is O=C(CN1CCN(CC(=O)N2CCCC2c2cccs2)CC1)N1CCOCC1. The Balaban J connectivity index is 1.22. The van der Waals surface area contributed by atoms with Crippen molar-refractivity contribution in [1.29, 1.82) is 0 Å². The number of amides is 2. The topological polar surface area (TPSA) is 56.3 Å². The molecule has 0 saturated carbocycles. The lowest BCUT2D eigenvalue weighted by Crippen LogP contribution is -2.53. The Morgan fingerprint density at radius 1 is 0.964 bits per heavy atom. The fourth-order valence-electron chi connectivity index (χ4n) is 4.33. The average molecular weight is 407 g/mol. The molecule has 3 fully saturated rings. The van der Waals surface area contributed by atoms with E-state index in [1.807, 2.05) is 4.90 Å². The molecule has 7 nitrogen and oxygen atoms in total. The van der Waals surface area contributed by atoms with Gasteiger partial charge < -0.3 is 14.5 Å². The van der Waals surface area contributed by atoms with Gasteiger partial charge in [-0.05, 0) is 24.3 Å². The predicted octanol–water partition coefficient (Wildman–Crippen LogP) is 0.888. The fraction of sp³-hybridized carbons (Fsp3) is 0.700. The molecule has 1 aromatic heterocycles. The zero-order valence-electron chi connectivity index (χ0n) is 16.4. The van der Waals surface area contributed by atoms with Crippen LogP contribution in [-0.4, -0.2) is 104 Å². The number of rotatable bonds is 5. The van der Waals surface area contributed by atoms with Crippen LogP contribution in [0.3, 0.4) is 0 Å². The maximum absolute atomic E-state index is 12.9. The third kappa shape index (κ3) is 4.74. The zero-order chi connectivity index (χ0) is 19.3. The molecule has 3 saturated heterocycles. The molecular formula is C20H30N4O3S. The van der Waals surface area contributed by atoms with Crippen LogP contribution >= 0.6 is 11.3 Å². The van der Waals surface area contributed by atoms with Crippen molar-refractivity contribution in [2.45, 2.75) is 18.9 Å². The predicted molar refractivity (Wildman–Crippen MR) is 108 cm³/mol. The van der Waals surface area contributed by atoms with Gasteiger partial charge in [0.15, 0.2) is 0 Å². The maximum Gasteiger partial charge on any atom is 0.237 e. The minimum Gasteiger partial charge on any atom is -0.378 e. The molecule has 1 aromatic rings. The van der Waals surface area contributed by atoms with E-state index in [0.29, 0.717) is 39.4 Å². The van der Waals surface area contributed by atoms with Crippen molar-refractivity contribution in [2.75, 3.05) is 72.1 Å². The molecule has 4 rings (SSSR count). The molecule has 0 aliphatic carbocycles. The van der Waals surface area contributed by atoms with Crippen LogP contribution < -0.4 is 0 Å². The first-order chi connectivity index (χ1) is 13.7. The van der Waals surface area contributed by atoms with Crippen molar-refractivity contribution < 1.29 is 14.3 Å². The van der Waals surface area contributed by atoms with Crippen LogP contribution in [-0.2, 0) is 14.3 Å². The summed E-state index contributed by atoms with van der Waals surface area (Å²) >= 11 is 1.75. The van der Waals surface area contributed by atoms with E-state index < -0.39 is 0 Å². The van der Waals surface area contributed by atoms with Crippen LogP contribution in [0.4, 0.5) is 0 Å². The molecule has 2 amide bonds. The highest BCUT2D eigenvalue weighted by atomic mass is 32.1. The van der Waals surface area contributed by atoms with Crippen LogP contribution in [0.5, 0.6) is 0 Å². The van der Waals surface area contributed by atoms with E-state index in [1.54, 1.807) is 11.3 Å². The summed E-state index contributed by atoms with van der Waals surface area (Å²) in [5, 5.41) is 2.09. The number of likely N-dealkylation sites (tertiary alicyclic amines) is 1. The molecule has 4 heterocycles. The Morgan fingerprint density at radius 3 is 2.29 bits per heavy atom. The zero-order valence-corrected chi connectivity index (χ0v) is 17.2. The molecule has 0 spiro atoms. The fourth-order valence-corrected chi connectivity index (χ4v) is 5.21. The molecular weight excluding hydrogens is 376 g/mol. The number of hydrogen-bond donors (Lipinski definition) is 0. The van der Waals surface area contributed by atoms with Crippen LogP contribution in [0.25, 0.3) is 0 Å².